The van der Waals surface area contributed by atoms with Crippen LogP contribution in [0.5, 0.6) is 0 Å². The molecule has 0 aromatic heterocycles. The van der Waals surface area contributed by atoms with Gasteiger partial charge in [-0.15, -0.1) is 0 Å². The van der Waals surface area contributed by atoms with Gasteiger partial charge in [0.05, 0.1) is 29.7 Å². The summed E-state index contributed by atoms with van der Waals surface area (Å²) in [5.74, 6) is -0.557. The van der Waals surface area contributed by atoms with Crippen LogP contribution in [-0.2, 0) is 14.3 Å². The van der Waals surface area contributed by atoms with Gasteiger partial charge in [-0.3, -0.25) is 9.69 Å². The third kappa shape index (κ3) is 2.63. The van der Waals surface area contributed by atoms with Gasteiger partial charge in [0.2, 0.25) is 5.91 Å². The van der Waals surface area contributed by atoms with E-state index in [1.165, 1.54) is 18.9 Å². The zero-order chi connectivity index (χ0) is 17.4. The number of methoxy groups -OCH3 is 1. The summed E-state index contributed by atoms with van der Waals surface area (Å²) in [5.41, 5.74) is 1.59. The van der Waals surface area contributed by atoms with Gasteiger partial charge in [-0.2, -0.15) is 0 Å². The quantitative estimate of drug-likeness (QED) is 0.769. The van der Waals surface area contributed by atoms with Gasteiger partial charge in [-0.1, -0.05) is 48.5 Å². The Bertz CT molecular complexity index is 775. The fraction of sp³-hybridized carbons (Fsp3) is 0.353. The van der Waals surface area contributed by atoms with Crippen molar-refractivity contribution in [3.05, 3.63) is 46.1 Å². The van der Waals surface area contributed by atoms with Gasteiger partial charge in [0.15, 0.2) is 5.17 Å². The number of amidine groups is 1. The molecule has 126 valence electrons. The van der Waals surface area contributed by atoms with E-state index in [-0.39, 0.29) is 11.2 Å². The highest BCUT2D eigenvalue weighted by Gasteiger charge is 2.47. The number of esters is 1. The number of halogens is 1. The van der Waals surface area contributed by atoms with Crippen molar-refractivity contribution in [2.45, 2.75) is 31.6 Å². The predicted molar refractivity (Wildman–Crippen MR) is 94.9 cm³/mol. The second-order valence-electron chi connectivity index (χ2n) is 5.53. The van der Waals surface area contributed by atoms with Crippen LogP contribution in [0.25, 0.3) is 0 Å². The van der Waals surface area contributed by atoms with E-state index in [2.05, 4.69) is 4.99 Å². The molecule has 2 heterocycles. The van der Waals surface area contributed by atoms with Crippen LogP contribution in [0.4, 0.5) is 0 Å². The number of amides is 1. The lowest BCUT2D eigenvalue weighted by Crippen LogP contribution is -2.40. The summed E-state index contributed by atoms with van der Waals surface area (Å²) in [6.45, 7) is 3.71. The molecule has 2 aliphatic heterocycles. The molecule has 1 amide bonds. The molecule has 24 heavy (non-hydrogen) atoms. The van der Waals surface area contributed by atoms with E-state index in [1.807, 2.05) is 25.1 Å². The molecule has 2 aliphatic rings. The first-order valence-corrected chi connectivity index (χ1v) is 8.87. The number of carbonyl (C=O) groups is 2. The van der Waals surface area contributed by atoms with Gasteiger partial charge < -0.3 is 4.74 Å². The highest BCUT2D eigenvalue weighted by molar-refractivity contribution is 8.15. The predicted octanol–water partition coefficient (Wildman–Crippen LogP) is 3.55. The summed E-state index contributed by atoms with van der Waals surface area (Å²) in [5, 5.41) is 0.913. The van der Waals surface area contributed by atoms with E-state index in [1.54, 1.807) is 17.9 Å². The molecule has 0 unspecified atom stereocenters. The summed E-state index contributed by atoms with van der Waals surface area (Å²) in [6.07, 6.45) is 0.695. The lowest BCUT2D eigenvalue weighted by molar-refractivity contribution is -0.137. The van der Waals surface area contributed by atoms with Crippen molar-refractivity contribution in [2.75, 3.05) is 7.11 Å². The van der Waals surface area contributed by atoms with Crippen LogP contribution < -0.4 is 0 Å². The van der Waals surface area contributed by atoms with Gasteiger partial charge in [-0.05, 0) is 25.0 Å². The van der Waals surface area contributed by atoms with Crippen LogP contribution in [0, 0.1) is 0 Å². The summed E-state index contributed by atoms with van der Waals surface area (Å²) in [4.78, 5) is 31.3. The molecule has 1 aromatic rings. The molecule has 0 bridgehead atoms. The second kappa shape index (κ2) is 6.61. The van der Waals surface area contributed by atoms with Gasteiger partial charge in [0.1, 0.15) is 0 Å². The number of hydrogen-bond acceptors (Lipinski definition) is 5. The Balaban J connectivity index is 2.20. The monoisotopic (exact) mass is 364 g/mol. The Morgan fingerprint density at radius 3 is 2.75 bits per heavy atom. The van der Waals surface area contributed by atoms with Crippen LogP contribution in [0.15, 0.2) is 40.5 Å². The molecule has 1 aromatic carbocycles. The Kier molecular flexibility index (Phi) is 4.69. The first kappa shape index (κ1) is 17.0. The summed E-state index contributed by atoms with van der Waals surface area (Å²) in [6, 6.07) is 6.60. The van der Waals surface area contributed by atoms with E-state index in [0.717, 1.165) is 0 Å². The average molecular weight is 365 g/mol. The van der Waals surface area contributed by atoms with Crippen molar-refractivity contribution in [3.8, 4) is 0 Å². The molecule has 1 saturated heterocycles. The highest BCUT2D eigenvalue weighted by Crippen LogP contribution is 2.45. The Morgan fingerprint density at radius 1 is 1.42 bits per heavy atom. The molecule has 1 fully saturated rings. The van der Waals surface area contributed by atoms with E-state index < -0.39 is 12.0 Å². The molecule has 0 saturated carbocycles. The highest BCUT2D eigenvalue weighted by atomic mass is 35.5. The SMILES string of the molecule is CC[C@H]1SC2=NC(C)=C(C(=O)OC)[C@@H](c3ccccc3Cl)N2C1=O. The molecular formula is C17H17ClN2O3S. The number of rotatable bonds is 3. The number of nitrogens with zero attached hydrogens (tertiary/aromatic N) is 2. The van der Waals surface area contributed by atoms with Crippen LogP contribution >= 0.6 is 23.4 Å². The number of benzene rings is 1. The molecule has 7 heteroatoms. The second-order valence-corrected chi connectivity index (χ2v) is 7.11. The first-order valence-electron chi connectivity index (χ1n) is 7.61. The maximum atomic E-state index is 12.8. The number of thioether (sulfide) groups is 1. The molecule has 0 N–H and O–H groups in total. The third-order valence-corrected chi connectivity index (χ3v) is 5.79. The van der Waals surface area contributed by atoms with Crippen LogP contribution in [0.3, 0.4) is 0 Å². The summed E-state index contributed by atoms with van der Waals surface area (Å²) < 4.78 is 4.93. The fourth-order valence-corrected chi connectivity index (χ4v) is 4.32. The number of fused-ring (bicyclic) bond motifs is 1. The van der Waals surface area contributed by atoms with Crippen molar-refractivity contribution in [1.29, 1.82) is 0 Å². The molecular weight excluding hydrogens is 348 g/mol. The van der Waals surface area contributed by atoms with Gasteiger partial charge in [0, 0.05) is 5.02 Å². The van der Waals surface area contributed by atoms with Crippen molar-refractivity contribution >= 4 is 40.4 Å². The van der Waals surface area contributed by atoms with Crippen molar-refractivity contribution in [3.63, 3.8) is 0 Å². The largest absolute Gasteiger partial charge is 0.466 e. The van der Waals surface area contributed by atoms with E-state index >= 15 is 0 Å². The topological polar surface area (TPSA) is 59.0 Å². The number of hydrogen-bond donors (Lipinski definition) is 0. The maximum Gasteiger partial charge on any atom is 0.338 e. The third-order valence-electron chi connectivity index (χ3n) is 4.13. The van der Waals surface area contributed by atoms with Crippen LogP contribution in [0.1, 0.15) is 31.9 Å². The van der Waals surface area contributed by atoms with Crippen molar-refractivity contribution < 1.29 is 14.3 Å². The molecule has 3 rings (SSSR count). The van der Waals surface area contributed by atoms with E-state index in [4.69, 9.17) is 16.3 Å². The minimum atomic E-state index is -0.616. The molecule has 0 radical (unpaired) electrons. The standard InChI is InChI=1S/C17H17ClN2O3S/c1-4-12-15(21)20-14(10-7-5-6-8-11(10)18)13(16(22)23-3)9(2)19-17(20)24-12/h5-8,12,14H,4H2,1-3H3/t12-,14-/m1/s1. The van der Waals surface area contributed by atoms with Crippen LogP contribution in [-0.4, -0.2) is 34.3 Å². The van der Waals surface area contributed by atoms with E-state index in [0.29, 0.717) is 33.4 Å². The Hall–Kier alpha value is -1.79. The molecule has 0 spiro atoms. The Labute approximate surface area is 149 Å². The summed E-state index contributed by atoms with van der Waals surface area (Å²) in [7, 11) is 1.32. The average Bonchev–Trinajstić information content (AvgIpc) is 2.89. The number of allylic oxidation sites excluding steroid dienone is 1. The molecule has 0 aliphatic carbocycles. The first-order chi connectivity index (χ1) is 11.5. The van der Waals surface area contributed by atoms with Gasteiger partial charge in [0.25, 0.3) is 0 Å². The number of aliphatic imine (C=N–C) groups is 1. The minimum Gasteiger partial charge on any atom is -0.466 e. The van der Waals surface area contributed by atoms with Gasteiger partial charge >= 0.3 is 5.97 Å². The number of carbonyl (C=O) groups excluding carboxylic acids is 2. The lowest BCUT2D eigenvalue weighted by Gasteiger charge is -2.33. The van der Waals surface area contributed by atoms with Gasteiger partial charge in [-0.25, -0.2) is 9.79 Å². The van der Waals surface area contributed by atoms with Crippen LogP contribution in [0.2, 0.25) is 5.02 Å². The fourth-order valence-electron chi connectivity index (χ4n) is 2.95. The van der Waals surface area contributed by atoms with Crippen molar-refractivity contribution in [2.24, 2.45) is 4.99 Å². The summed E-state index contributed by atoms with van der Waals surface area (Å²) >= 11 is 7.80. The zero-order valence-electron chi connectivity index (χ0n) is 13.6. The van der Waals surface area contributed by atoms with Crippen molar-refractivity contribution in [1.82, 2.24) is 4.90 Å². The number of ether oxygens (including phenoxy) is 1. The smallest absolute Gasteiger partial charge is 0.338 e. The lowest BCUT2D eigenvalue weighted by atomic mass is 9.94. The molecule has 5 nitrogen and oxygen atoms in total. The minimum absolute atomic E-state index is 0.0555. The Morgan fingerprint density at radius 2 is 2.12 bits per heavy atom. The molecule has 2 atom stereocenters. The van der Waals surface area contributed by atoms with E-state index in [9.17, 15) is 9.59 Å². The normalized spacial score (nSPS) is 23.2. The zero-order valence-corrected chi connectivity index (χ0v) is 15.1. The maximum absolute atomic E-state index is 12.8.